The molecule has 1 N–H and O–H groups in total. The molecule has 0 bridgehead atoms. The average Bonchev–Trinajstić information content (AvgIpc) is 3.33. The number of carbonyl (C=O) groups is 1. The number of aromatic nitrogens is 3. The van der Waals surface area contributed by atoms with Gasteiger partial charge in [0.2, 0.25) is 5.88 Å². The molecule has 1 fully saturated rings. The Hall–Kier alpha value is -2.50. The lowest BCUT2D eigenvalue weighted by Crippen LogP contribution is -2.14. The van der Waals surface area contributed by atoms with Crippen LogP contribution in [0.15, 0.2) is 30.7 Å². The molecular weight excluding hydrogens is 256 g/mol. The molecule has 0 unspecified atom stereocenters. The molecule has 0 aromatic carbocycles. The van der Waals surface area contributed by atoms with Crippen LogP contribution in [0, 0.1) is 0 Å². The standard InChI is InChI=1S/C14H14N4O2/c1-20-13-5-4-10(7-15-13)18-14(19)12-6-11(9-2-3-9)16-8-17-12/h4-9H,2-3H2,1H3,(H,18,19). The summed E-state index contributed by atoms with van der Waals surface area (Å²) in [6.07, 6.45) is 5.26. The van der Waals surface area contributed by atoms with Crippen molar-refractivity contribution in [2.75, 3.05) is 12.4 Å². The first-order valence-electron chi connectivity index (χ1n) is 6.39. The van der Waals surface area contributed by atoms with Gasteiger partial charge in [0.25, 0.3) is 5.91 Å². The third-order valence-electron chi connectivity index (χ3n) is 3.12. The highest BCUT2D eigenvalue weighted by Crippen LogP contribution is 2.38. The van der Waals surface area contributed by atoms with Crippen molar-refractivity contribution < 1.29 is 9.53 Å². The molecule has 2 heterocycles. The number of pyridine rings is 1. The Morgan fingerprint density at radius 2 is 2.15 bits per heavy atom. The van der Waals surface area contributed by atoms with E-state index in [0.717, 1.165) is 18.5 Å². The van der Waals surface area contributed by atoms with E-state index in [-0.39, 0.29) is 5.91 Å². The number of anilines is 1. The zero-order valence-electron chi connectivity index (χ0n) is 11.0. The van der Waals surface area contributed by atoms with Crippen LogP contribution in [0.3, 0.4) is 0 Å². The van der Waals surface area contributed by atoms with Gasteiger partial charge >= 0.3 is 0 Å². The van der Waals surface area contributed by atoms with Crippen LogP contribution in [0.25, 0.3) is 0 Å². The molecule has 102 valence electrons. The topological polar surface area (TPSA) is 77.0 Å². The summed E-state index contributed by atoms with van der Waals surface area (Å²) in [7, 11) is 1.54. The molecule has 6 nitrogen and oxygen atoms in total. The van der Waals surface area contributed by atoms with Gasteiger partial charge in [0.15, 0.2) is 0 Å². The average molecular weight is 270 g/mol. The van der Waals surface area contributed by atoms with Crippen LogP contribution in [0.1, 0.15) is 34.9 Å². The van der Waals surface area contributed by atoms with E-state index >= 15 is 0 Å². The summed E-state index contributed by atoms with van der Waals surface area (Å²) in [6, 6.07) is 5.17. The molecule has 0 saturated heterocycles. The zero-order valence-corrected chi connectivity index (χ0v) is 11.0. The van der Waals surface area contributed by atoms with Crippen LogP contribution >= 0.6 is 0 Å². The molecule has 1 saturated carbocycles. The largest absolute Gasteiger partial charge is 0.481 e. The fraction of sp³-hybridized carbons (Fsp3) is 0.286. The van der Waals surface area contributed by atoms with Crippen LogP contribution in [0.5, 0.6) is 5.88 Å². The van der Waals surface area contributed by atoms with Gasteiger partial charge < -0.3 is 10.1 Å². The van der Waals surface area contributed by atoms with Crippen molar-refractivity contribution in [3.63, 3.8) is 0 Å². The predicted octanol–water partition coefficient (Wildman–Crippen LogP) is 2.01. The Balaban J connectivity index is 1.73. The molecule has 0 aliphatic heterocycles. The van der Waals surface area contributed by atoms with Crippen LogP contribution in [-0.2, 0) is 0 Å². The highest BCUT2D eigenvalue weighted by Gasteiger charge is 2.25. The lowest BCUT2D eigenvalue weighted by molar-refractivity contribution is 0.102. The number of ether oxygens (including phenoxy) is 1. The number of carbonyl (C=O) groups excluding carboxylic acids is 1. The van der Waals surface area contributed by atoms with Crippen molar-refractivity contribution in [2.24, 2.45) is 0 Å². The molecule has 1 aliphatic carbocycles. The molecule has 0 atom stereocenters. The van der Waals surface area contributed by atoms with E-state index in [1.807, 2.05) is 0 Å². The number of hydrogen-bond donors (Lipinski definition) is 1. The van der Waals surface area contributed by atoms with E-state index in [0.29, 0.717) is 23.2 Å². The van der Waals surface area contributed by atoms with E-state index in [2.05, 4.69) is 20.3 Å². The van der Waals surface area contributed by atoms with Crippen molar-refractivity contribution in [1.82, 2.24) is 15.0 Å². The van der Waals surface area contributed by atoms with Crippen LogP contribution in [0.4, 0.5) is 5.69 Å². The summed E-state index contributed by atoms with van der Waals surface area (Å²) in [6.45, 7) is 0. The van der Waals surface area contributed by atoms with E-state index in [1.54, 1.807) is 31.5 Å². The molecule has 3 rings (SSSR count). The van der Waals surface area contributed by atoms with Crippen molar-refractivity contribution in [3.05, 3.63) is 42.1 Å². The first-order valence-corrected chi connectivity index (χ1v) is 6.39. The summed E-state index contributed by atoms with van der Waals surface area (Å²) in [5.41, 5.74) is 1.91. The van der Waals surface area contributed by atoms with Gasteiger partial charge in [-0.05, 0) is 25.0 Å². The first-order chi connectivity index (χ1) is 9.76. The number of rotatable bonds is 4. The second-order valence-corrected chi connectivity index (χ2v) is 4.65. The molecule has 1 aliphatic rings. The molecular formula is C14H14N4O2. The zero-order chi connectivity index (χ0) is 13.9. The van der Waals surface area contributed by atoms with Crippen molar-refractivity contribution >= 4 is 11.6 Å². The Kier molecular flexibility index (Phi) is 3.28. The molecule has 0 spiro atoms. The number of nitrogens with one attached hydrogen (secondary N) is 1. The summed E-state index contributed by atoms with van der Waals surface area (Å²) < 4.78 is 4.96. The molecule has 6 heteroatoms. The summed E-state index contributed by atoms with van der Waals surface area (Å²) >= 11 is 0. The highest BCUT2D eigenvalue weighted by molar-refractivity contribution is 6.02. The van der Waals surface area contributed by atoms with Gasteiger partial charge in [0.1, 0.15) is 12.0 Å². The molecule has 0 radical (unpaired) electrons. The highest BCUT2D eigenvalue weighted by atomic mass is 16.5. The number of amides is 1. The van der Waals surface area contributed by atoms with Gasteiger partial charge in [0.05, 0.1) is 19.0 Å². The number of nitrogens with zero attached hydrogens (tertiary/aromatic N) is 3. The fourth-order valence-corrected chi connectivity index (χ4v) is 1.87. The lowest BCUT2D eigenvalue weighted by Gasteiger charge is -2.06. The third kappa shape index (κ3) is 2.74. The number of hydrogen-bond acceptors (Lipinski definition) is 5. The third-order valence-corrected chi connectivity index (χ3v) is 3.12. The maximum absolute atomic E-state index is 12.1. The minimum absolute atomic E-state index is 0.263. The Morgan fingerprint density at radius 3 is 2.80 bits per heavy atom. The minimum Gasteiger partial charge on any atom is -0.481 e. The van der Waals surface area contributed by atoms with Crippen LogP contribution in [0.2, 0.25) is 0 Å². The van der Waals surface area contributed by atoms with E-state index < -0.39 is 0 Å². The second-order valence-electron chi connectivity index (χ2n) is 4.65. The van der Waals surface area contributed by atoms with Crippen molar-refractivity contribution in [1.29, 1.82) is 0 Å². The van der Waals surface area contributed by atoms with Gasteiger partial charge in [-0.15, -0.1) is 0 Å². The smallest absolute Gasteiger partial charge is 0.274 e. The quantitative estimate of drug-likeness (QED) is 0.919. The second kappa shape index (κ2) is 5.24. The fourth-order valence-electron chi connectivity index (χ4n) is 1.87. The molecule has 2 aromatic rings. The minimum atomic E-state index is -0.263. The summed E-state index contributed by atoms with van der Waals surface area (Å²) in [4.78, 5) is 24.3. The van der Waals surface area contributed by atoms with Crippen molar-refractivity contribution in [3.8, 4) is 5.88 Å². The summed E-state index contributed by atoms with van der Waals surface area (Å²) in [5, 5.41) is 2.75. The summed E-state index contributed by atoms with van der Waals surface area (Å²) in [5.74, 6) is 0.731. The molecule has 1 amide bonds. The van der Waals surface area contributed by atoms with Gasteiger partial charge in [0, 0.05) is 17.7 Å². The van der Waals surface area contributed by atoms with Gasteiger partial charge in [-0.3, -0.25) is 4.79 Å². The maximum atomic E-state index is 12.1. The van der Waals surface area contributed by atoms with E-state index in [9.17, 15) is 4.79 Å². The van der Waals surface area contributed by atoms with Crippen LogP contribution in [-0.4, -0.2) is 28.0 Å². The molecule has 20 heavy (non-hydrogen) atoms. The Morgan fingerprint density at radius 1 is 1.30 bits per heavy atom. The Labute approximate surface area is 116 Å². The van der Waals surface area contributed by atoms with E-state index in [1.165, 1.54) is 6.33 Å². The Bertz CT molecular complexity index is 623. The lowest BCUT2D eigenvalue weighted by atomic mass is 10.2. The maximum Gasteiger partial charge on any atom is 0.274 e. The van der Waals surface area contributed by atoms with Gasteiger partial charge in [-0.25, -0.2) is 15.0 Å². The normalized spacial score (nSPS) is 13.8. The monoisotopic (exact) mass is 270 g/mol. The number of methoxy groups -OCH3 is 1. The predicted molar refractivity (Wildman–Crippen MR) is 72.7 cm³/mol. The molecule has 2 aromatic heterocycles. The SMILES string of the molecule is COc1ccc(NC(=O)c2cc(C3CC3)ncn2)cn1. The van der Waals surface area contributed by atoms with Crippen LogP contribution < -0.4 is 10.1 Å². The van der Waals surface area contributed by atoms with Gasteiger partial charge in [-0.1, -0.05) is 0 Å². The van der Waals surface area contributed by atoms with Crippen molar-refractivity contribution in [2.45, 2.75) is 18.8 Å². The first kappa shape index (κ1) is 12.5. The van der Waals surface area contributed by atoms with E-state index in [4.69, 9.17) is 4.74 Å². The van der Waals surface area contributed by atoms with Gasteiger partial charge in [-0.2, -0.15) is 0 Å².